The Bertz CT molecular complexity index is 415. The van der Waals surface area contributed by atoms with Crippen LogP contribution >= 0.6 is 11.6 Å². The molecule has 0 aliphatic heterocycles. The molecule has 0 aliphatic rings. The second-order valence-corrected chi connectivity index (χ2v) is 5.47. The molecule has 0 spiro atoms. The molecule has 3 heteroatoms. The first-order valence-corrected chi connectivity index (χ1v) is 7.98. The number of Topliss-reactive ketones (excluding diaryl/α,β-unsaturated/α-hetero) is 1. The van der Waals surface area contributed by atoms with E-state index in [4.69, 9.17) is 16.3 Å². The smallest absolute Gasteiger partial charge is 0.138 e. The molecule has 0 saturated carbocycles. The van der Waals surface area contributed by atoms with E-state index in [-0.39, 0.29) is 0 Å². The van der Waals surface area contributed by atoms with Gasteiger partial charge in [-0.3, -0.25) is 4.79 Å². The number of ketones is 1. The standard InChI is InChI=1S/C17H25ClO2/c1-3-12-20-17-13-14(10-11-16(17)18)8-6-5-7-9-15(19)4-2/h10-11,13H,3-9,12H2,1-2H3. The Hall–Kier alpha value is -1.02. The molecule has 0 bridgehead atoms. The van der Waals surface area contributed by atoms with E-state index in [1.807, 2.05) is 19.1 Å². The van der Waals surface area contributed by atoms with Crippen LogP contribution in [0.1, 0.15) is 57.9 Å². The Labute approximate surface area is 127 Å². The second-order valence-electron chi connectivity index (χ2n) is 5.07. The van der Waals surface area contributed by atoms with E-state index in [2.05, 4.69) is 13.0 Å². The topological polar surface area (TPSA) is 26.3 Å². The van der Waals surface area contributed by atoms with Crippen LogP contribution in [-0.2, 0) is 11.2 Å². The van der Waals surface area contributed by atoms with Gasteiger partial charge in [-0.15, -0.1) is 0 Å². The highest BCUT2D eigenvalue weighted by Gasteiger charge is 2.04. The first kappa shape index (κ1) is 17.0. The van der Waals surface area contributed by atoms with E-state index in [0.29, 0.717) is 23.8 Å². The van der Waals surface area contributed by atoms with Gasteiger partial charge in [0.1, 0.15) is 11.5 Å². The summed E-state index contributed by atoms with van der Waals surface area (Å²) in [4.78, 5) is 11.2. The van der Waals surface area contributed by atoms with Crippen LogP contribution in [0.15, 0.2) is 18.2 Å². The molecule has 20 heavy (non-hydrogen) atoms. The SMILES string of the molecule is CCCOc1cc(CCCCCC(=O)CC)ccc1Cl. The van der Waals surface area contributed by atoms with Crippen LogP contribution in [0, 0.1) is 0 Å². The molecule has 1 aromatic rings. The van der Waals surface area contributed by atoms with Gasteiger partial charge < -0.3 is 4.74 Å². The lowest BCUT2D eigenvalue weighted by Gasteiger charge is -2.09. The van der Waals surface area contributed by atoms with Crippen molar-refractivity contribution in [3.05, 3.63) is 28.8 Å². The number of aryl methyl sites for hydroxylation is 1. The zero-order chi connectivity index (χ0) is 14.8. The van der Waals surface area contributed by atoms with Crippen molar-refractivity contribution in [3.63, 3.8) is 0 Å². The van der Waals surface area contributed by atoms with Gasteiger partial charge in [0, 0.05) is 12.8 Å². The predicted octanol–water partition coefficient (Wildman–Crippen LogP) is 5.21. The highest BCUT2D eigenvalue weighted by molar-refractivity contribution is 6.32. The molecule has 0 atom stereocenters. The second kappa shape index (κ2) is 9.82. The summed E-state index contributed by atoms with van der Waals surface area (Å²) < 4.78 is 5.62. The minimum Gasteiger partial charge on any atom is -0.492 e. The molecule has 0 aliphatic carbocycles. The van der Waals surface area contributed by atoms with Crippen LogP contribution in [0.25, 0.3) is 0 Å². The van der Waals surface area contributed by atoms with Crippen LogP contribution in [0.4, 0.5) is 0 Å². The van der Waals surface area contributed by atoms with Crippen molar-refractivity contribution >= 4 is 17.4 Å². The van der Waals surface area contributed by atoms with Gasteiger partial charge in [0.15, 0.2) is 0 Å². The summed E-state index contributed by atoms with van der Waals surface area (Å²) in [5.41, 5.74) is 1.25. The number of carbonyl (C=O) groups is 1. The third-order valence-corrected chi connectivity index (χ3v) is 3.58. The number of ether oxygens (including phenoxy) is 1. The van der Waals surface area contributed by atoms with E-state index in [1.54, 1.807) is 0 Å². The van der Waals surface area contributed by atoms with Gasteiger partial charge in [0.05, 0.1) is 11.6 Å². The van der Waals surface area contributed by atoms with Gasteiger partial charge in [0.25, 0.3) is 0 Å². The maximum Gasteiger partial charge on any atom is 0.138 e. The molecule has 112 valence electrons. The molecule has 0 unspecified atom stereocenters. The van der Waals surface area contributed by atoms with E-state index >= 15 is 0 Å². The zero-order valence-corrected chi connectivity index (χ0v) is 13.3. The lowest BCUT2D eigenvalue weighted by molar-refractivity contribution is -0.118. The number of unbranched alkanes of at least 4 members (excludes halogenated alkanes) is 2. The van der Waals surface area contributed by atoms with Gasteiger partial charge in [-0.1, -0.05) is 37.9 Å². The number of hydrogen-bond donors (Lipinski definition) is 0. The number of carbonyl (C=O) groups excluding carboxylic acids is 1. The molecule has 0 heterocycles. The summed E-state index contributed by atoms with van der Waals surface area (Å²) in [6, 6.07) is 6.00. The molecule has 2 nitrogen and oxygen atoms in total. The Morgan fingerprint density at radius 3 is 2.70 bits per heavy atom. The summed E-state index contributed by atoms with van der Waals surface area (Å²) in [5, 5.41) is 0.677. The number of halogens is 1. The summed E-state index contributed by atoms with van der Waals surface area (Å²) in [7, 11) is 0. The van der Waals surface area contributed by atoms with E-state index in [9.17, 15) is 4.79 Å². The van der Waals surface area contributed by atoms with E-state index in [1.165, 1.54) is 5.56 Å². The molecular formula is C17H25ClO2. The van der Waals surface area contributed by atoms with Gasteiger partial charge in [-0.25, -0.2) is 0 Å². The molecule has 0 aromatic heterocycles. The molecule has 0 N–H and O–H groups in total. The lowest BCUT2D eigenvalue weighted by atomic mass is 10.0. The van der Waals surface area contributed by atoms with Crippen LogP contribution in [0.2, 0.25) is 5.02 Å². The fraction of sp³-hybridized carbons (Fsp3) is 0.588. The van der Waals surface area contributed by atoms with E-state index < -0.39 is 0 Å². The van der Waals surface area contributed by atoms with Gasteiger partial charge >= 0.3 is 0 Å². The van der Waals surface area contributed by atoms with Crippen LogP contribution in [0.5, 0.6) is 5.75 Å². The predicted molar refractivity (Wildman–Crippen MR) is 84.7 cm³/mol. The fourth-order valence-corrected chi connectivity index (χ4v) is 2.20. The third-order valence-electron chi connectivity index (χ3n) is 3.27. The molecule has 0 amide bonds. The summed E-state index contributed by atoms with van der Waals surface area (Å²) in [6.07, 6.45) is 6.58. The first-order valence-electron chi connectivity index (χ1n) is 7.60. The zero-order valence-electron chi connectivity index (χ0n) is 12.6. The Morgan fingerprint density at radius 2 is 2.00 bits per heavy atom. The van der Waals surface area contributed by atoms with Crippen molar-refractivity contribution in [3.8, 4) is 5.75 Å². The molecular weight excluding hydrogens is 272 g/mol. The van der Waals surface area contributed by atoms with Crippen molar-refractivity contribution in [2.75, 3.05) is 6.61 Å². The molecule has 0 fully saturated rings. The quantitative estimate of drug-likeness (QED) is 0.554. The Balaban J connectivity index is 2.34. The molecule has 1 rings (SSSR count). The molecule has 0 saturated heterocycles. The van der Waals surface area contributed by atoms with Crippen molar-refractivity contribution in [1.29, 1.82) is 0 Å². The summed E-state index contributed by atoms with van der Waals surface area (Å²) >= 11 is 6.10. The van der Waals surface area contributed by atoms with Crippen LogP contribution < -0.4 is 4.74 Å². The van der Waals surface area contributed by atoms with Crippen LogP contribution in [-0.4, -0.2) is 12.4 Å². The monoisotopic (exact) mass is 296 g/mol. The fourth-order valence-electron chi connectivity index (χ4n) is 2.03. The number of hydrogen-bond acceptors (Lipinski definition) is 2. The van der Waals surface area contributed by atoms with Crippen molar-refractivity contribution in [2.24, 2.45) is 0 Å². The maximum absolute atomic E-state index is 11.2. The molecule has 0 radical (unpaired) electrons. The number of benzene rings is 1. The average Bonchev–Trinajstić information content (AvgIpc) is 2.46. The Kier molecular flexibility index (Phi) is 8.36. The largest absolute Gasteiger partial charge is 0.492 e. The van der Waals surface area contributed by atoms with Crippen molar-refractivity contribution < 1.29 is 9.53 Å². The number of rotatable bonds is 10. The highest BCUT2D eigenvalue weighted by Crippen LogP contribution is 2.26. The molecule has 1 aromatic carbocycles. The van der Waals surface area contributed by atoms with Gasteiger partial charge in [0.2, 0.25) is 0 Å². The van der Waals surface area contributed by atoms with Crippen molar-refractivity contribution in [2.45, 2.75) is 58.8 Å². The summed E-state index contributed by atoms with van der Waals surface area (Å²) in [6.45, 7) is 4.70. The Morgan fingerprint density at radius 1 is 1.20 bits per heavy atom. The van der Waals surface area contributed by atoms with Crippen molar-refractivity contribution in [1.82, 2.24) is 0 Å². The average molecular weight is 297 g/mol. The lowest BCUT2D eigenvalue weighted by Crippen LogP contribution is -1.97. The maximum atomic E-state index is 11.2. The third kappa shape index (κ3) is 6.42. The minimum absolute atomic E-state index is 0.367. The summed E-state index contributed by atoms with van der Waals surface area (Å²) in [5.74, 6) is 1.15. The van der Waals surface area contributed by atoms with E-state index in [0.717, 1.165) is 44.3 Å². The van der Waals surface area contributed by atoms with Gasteiger partial charge in [-0.2, -0.15) is 0 Å². The highest BCUT2D eigenvalue weighted by atomic mass is 35.5. The first-order chi connectivity index (χ1) is 9.67. The minimum atomic E-state index is 0.367. The normalized spacial score (nSPS) is 10.6. The van der Waals surface area contributed by atoms with Crippen LogP contribution in [0.3, 0.4) is 0 Å². The van der Waals surface area contributed by atoms with Gasteiger partial charge in [-0.05, 0) is 43.4 Å².